The van der Waals surface area contributed by atoms with E-state index in [1.165, 1.54) is 0 Å². The summed E-state index contributed by atoms with van der Waals surface area (Å²) in [6.07, 6.45) is 1.08. The molecule has 0 saturated heterocycles. The molecular formula is C14H18ClN3. The first-order valence-corrected chi connectivity index (χ1v) is 6.74. The lowest BCUT2D eigenvalue weighted by Crippen LogP contribution is -2.33. The molecule has 0 N–H and O–H groups in total. The number of hydrogen-bond donors (Lipinski definition) is 0. The number of hydrogen-bond acceptors (Lipinski definition) is 3. The zero-order valence-electron chi connectivity index (χ0n) is 11.0. The Kier molecular flexibility index (Phi) is 4.02. The van der Waals surface area contributed by atoms with E-state index in [1.54, 1.807) is 0 Å². The zero-order valence-corrected chi connectivity index (χ0v) is 11.8. The Balaban J connectivity index is 2.60. The predicted octanol–water partition coefficient (Wildman–Crippen LogP) is 3.91. The first-order chi connectivity index (χ1) is 8.69. The van der Waals surface area contributed by atoms with E-state index in [4.69, 9.17) is 11.6 Å². The molecule has 0 saturated carbocycles. The summed E-state index contributed by atoms with van der Waals surface area (Å²) in [6.45, 7) is 7.43. The summed E-state index contributed by atoms with van der Waals surface area (Å²) in [5.41, 5.74) is 0. The number of nitrogens with zero attached hydrogens (tertiary/aromatic N) is 3. The molecule has 4 heteroatoms. The van der Waals surface area contributed by atoms with Gasteiger partial charge in [0.2, 0.25) is 0 Å². The lowest BCUT2D eigenvalue weighted by atomic mass is 10.1. The van der Waals surface area contributed by atoms with Crippen LogP contribution in [-0.4, -0.2) is 22.8 Å². The molecule has 1 aromatic heterocycles. The molecule has 3 nitrogen and oxygen atoms in total. The number of benzene rings is 1. The first-order valence-electron chi connectivity index (χ1n) is 6.36. The normalized spacial score (nSPS) is 12.7. The van der Waals surface area contributed by atoms with E-state index in [2.05, 4.69) is 41.9 Å². The predicted molar refractivity (Wildman–Crippen MR) is 77.3 cm³/mol. The molecule has 0 radical (unpaired) electrons. The molecule has 0 aliphatic carbocycles. The van der Waals surface area contributed by atoms with Gasteiger partial charge in [0.15, 0.2) is 11.0 Å². The van der Waals surface area contributed by atoms with E-state index in [0.717, 1.165) is 29.6 Å². The fourth-order valence-electron chi connectivity index (χ4n) is 2.16. The average Bonchev–Trinajstić information content (AvgIpc) is 2.42. The quantitative estimate of drug-likeness (QED) is 0.838. The van der Waals surface area contributed by atoms with Gasteiger partial charge in [0.25, 0.3) is 0 Å². The number of halogens is 1. The van der Waals surface area contributed by atoms with Crippen LogP contribution in [0.3, 0.4) is 0 Å². The second-order valence-electron chi connectivity index (χ2n) is 4.40. The Morgan fingerprint density at radius 3 is 2.44 bits per heavy atom. The number of anilines is 1. The van der Waals surface area contributed by atoms with Crippen LogP contribution in [0.25, 0.3) is 10.8 Å². The average molecular weight is 264 g/mol. The van der Waals surface area contributed by atoms with Gasteiger partial charge in [-0.2, -0.15) is 0 Å². The molecule has 1 unspecified atom stereocenters. The van der Waals surface area contributed by atoms with Crippen molar-refractivity contribution < 1.29 is 0 Å². The van der Waals surface area contributed by atoms with Crippen molar-refractivity contribution in [3.63, 3.8) is 0 Å². The minimum absolute atomic E-state index is 0.439. The molecule has 0 aliphatic rings. The van der Waals surface area contributed by atoms with Crippen LogP contribution in [0.4, 0.5) is 5.82 Å². The van der Waals surface area contributed by atoms with Crippen LogP contribution in [-0.2, 0) is 0 Å². The van der Waals surface area contributed by atoms with Gasteiger partial charge in [0.1, 0.15) is 0 Å². The van der Waals surface area contributed by atoms with Crippen LogP contribution in [0.2, 0.25) is 5.15 Å². The van der Waals surface area contributed by atoms with Gasteiger partial charge in [-0.05, 0) is 20.3 Å². The Hall–Kier alpha value is -1.35. The minimum Gasteiger partial charge on any atom is -0.352 e. The third-order valence-corrected chi connectivity index (χ3v) is 3.64. The van der Waals surface area contributed by atoms with Crippen LogP contribution >= 0.6 is 11.6 Å². The lowest BCUT2D eigenvalue weighted by molar-refractivity contribution is 0.621. The van der Waals surface area contributed by atoms with Gasteiger partial charge >= 0.3 is 0 Å². The van der Waals surface area contributed by atoms with Crippen molar-refractivity contribution in [3.05, 3.63) is 29.4 Å². The summed E-state index contributed by atoms with van der Waals surface area (Å²) in [6, 6.07) is 8.46. The topological polar surface area (TPSA) is 29.0 Å². The highest BCUT2D eigenvalue weighted by molar-refractivity contribution is 6.34. The van der Waals surface area contributed by atoms with Gasteiger partial charge < -0.3 is 4.90 Å². The van der Waals surface area contributed by atoms with Crippen molar-refractivity contribution in [1.82, 2.24) is 10.2 Å². The van der Waals surface area contributed by atoms with Crippen molar-refractivity contribution in [2.24, 2.45) is 0 Å². The van der Waals surface area contributed by atoms with E-state index in [0.29, 0.717) is 11.2 Å². The summed E-state index contributed by atoms with van der Waals surface area (Å²) >= 11 is 6.10. The van der Waals surface area contributed by atoms with Gasteiger partial charge in [-0.25, -0.2) is 0 Å². The van der Waals surface area contributed by atoms with Crippen molar-refractivity contribution in [3.8, 4) is 0 Å². The standard InChI is InChI=1S/C14H18ClN3/c1-4-10(3)18(5-2)14-12-9-7-6-8-11(12)13(15)16-17-14/h6-10H,4-5H2,1-3H3. The van der Waals surface area contributed by atoms with Crippen molar-refractivity contribution in [2.45, 2.75) is 33.2 Å². The van der Waals surface area contributed by atoms with E-state index in [-0.39, 0.29) is 0 Å². The summed E-state index contributed by atoms with van der Waals surface area (Å²) in [4.78, 5) is 2.27. The number of aromatic nitrogens is 2. The second-order valence-corrected chi connectivity index (χ2v) is 4.76. The zero-order chi connectivity index (χ0) is 13.1. The fourth-order valence-corrected chi connectivity index (χ4v) is 2.36. The molecule has 0 amide bonds. The molecule has 2 rings (SSSR count). The minimum atomic E-state index is 0.439. The first kappa shape index (κ1) is 13.1. The highest BCUT2D eigenvalue weighted by Crippen LogP contribution is 2.29. The Morgan fingerprint density at radius 2 is 1.83 bits per heavy atom. The van der Waals surface area contributed by atoms with Crippen LogP contribution < -0.4 is 4.90 Å². The van der Waals surface area contributed by atoms with Gasteiger partial charge in [-0.15, -0.1) is 10.2 Å². The van der Waals surface area contributed by atoms with Crippen LogP contribution in [0.15, 0.2) is 24.3 Å². The molecule has 0 fully saturated rings. The van der Waals surface area contributed by atoms with E-state index in [9.17, 15) is 0 Å². The van der Waals surface area contributed by atoms with Gasteiger partial charge in [0.05, 0.1) is 0 Å². The highest BCUT2D eigenvalue weighted by atomic mass is 35.5. The largest absolute Gasteiger partial charge is 0.352 e. The van der Waals surface area contributed by atoms with Gasteiger partial charge in [-0.3, -0.25) is 0 Å². The Bertz CT molecular complexity index is 542. The number of fused-ring (bicyclic) bond motifs is 1. The Morgan fingerprint density at radius 1 is 1.17 bits per heavy atom. The van der Waals surface area contributed by atoms with E-state index < -0.39 is 0 Å². The summed E-state index contributed by atoms with van der Waals surface area (Å²) in [5, 5.41) is 10.9. The third-order valence-electron chi connectivity index (χ3n) is 3.36. The van der Waals surface area contributed by atoms with Gasteiger partial charge in [-0.1, -0.05) is 42.8 Å². The molecule has 1 atom stereocenters. The molecule has 1 aromatic carbocycles. The van der Waals surface area contributed by atoms with Gasteiger partial charge in [0, 0.05) is 23.4 Å². The SMILES string of the molecule is CCC(C)N(CC)c1nnc(Cl)c2ccccc12. The van der Waals surface area contributed by atoms with E-state index >= 15 is 0 Å². The number of rotatable bonds is 4. The lowest BCUT2D eigenvalue weighted by Gasteiger charge is -2.28. The third kappa shape index (κ3) is 2.27. The maximum absolute atomic E-state index is 6.10. The van der Waals surface area contributed by atoms with Crippen molar-refractivity contribution in [2.75, 3.05) is 11.4 Å². The summed E-state index contributed by atoms with van der Waals surface area (Å²) in [7, 11) is 0. The maximum Gasteiger partial charge on any atom is 0.159 e. The maximum atomic E-state index is 6.10. The molecule has 18 heavy (non-hydrogen) atoms. The molecular weight excluding hydrogens is 246 g/mol. The van der Waals surface area contributed by atoms with Crippen molar-refractivity contribution >= 4 is 28.2 Å². The highest BCUT2D eigenvalue weighted by Gasteiger charge is 2.16. The van der Waals surface area contributed by atoms with Crippen LogP contribution in [0.1, 0.15) is 27.2 Å². The van der Waals surface area contributed by atoms with E-state index in [1.807, 2.05) is 18.2 Å². The second kappa shape index (κ2) is 5.53. The summed E-state index contributed by atoms with van der Waals surface area (Å²) < 4.78 is 0. The molecule has 0 aliphatic heterocycles. The molecule has 0 spiro atoms. The molecule has 96 valence electrons. The molecule has 0 bridgehead atoms. The summed E-state index contributed by atoms with van der Waals surface area (Å²) in [5.74, 6) is 0.923. The fraction of sp³-hybridized carbons (Fsp3) is 0.429. The monoisotopic (exact) mass is 263 g/mol. The smallest absolute Gasteiger partial charge is 0.159 e. The Labute approximate surface area is 113 Å². The molecule has 1 heterocycles. The van der Waals surface area contributed by atoms with Crippen LogP contribution in [0, 0.1) is 0 Å². The van der Waals surface area contributed by atoms with Crippen molar-refractivity contribution in [1.29, 1.82) is 0 Å². The van der Waals surface area contributed by atoms with Crippen LogP contribution in [0.5, 0.6) is 0 Å². The molecule has 2 aromatic rings.